The minimum absolute atomic E-state index is 0.0451. The lowest BCUT2D eigenvalue weighted by Gasteiger charge is -2.20. The number of hydrogen-bond donors (Lipinski definition) is 4. The first-order valence-electron chi connectivity index (χ1n) is 5.81. The van der Waals surface area contributed by atoms with Gasteiger partial charge in [0.15, 0.2) is 0 Å². The first-order valence-corrected chi connectivity index (χ1v) is 5.81. The minimum Gasteiger partial charge on any atom is -0.444 e. The highest BCUT2D eigenvalue weighted by atomic mass is 16.6. The fraction of sp³-hybridized carbons (Fsp3) is 0.385. The molecule has 0 saturated heterocycles. The third-order valence-electron chi connectivity index (χ3n) is 2.19. The van der Waals surface area contributed by atoms with Crippen molar-refractivity contribution in [2.75, 3.05) is 6.61 Å². The number of allylic oxidation sites excluding steroid dienone is 3. The first kappa shape index (κ1) is 15.0. The number of hydrogen-bond acceptors (Lipinski definition) is 5. The molecule has 0 fully saturated rings. The lowest BCUT2D eigenvalue weighted by molar-refractivity contribution is 0.0545. The predicted molar refractivity (Wildman–Crippen MR) is 72.6 cm³/mol. The van der Waals surface area contributed by atoms with Crippen LogP contribution in [0.3, 0.4) is 0 Å². The fourth-order valence-electron chi connectivity index (χ4n) is 1.41. The van der Waals surface area contributed by atoms with E-state index in [0.29, 0.717) is 11.1 Å². The van der Waals surface area contributed by atoms with E-state index in [4.69, 9.17) is 21.0 Å². The van der Waals surface area contributed by atoms with Gasteiger partial charge in [0.25, 0.3) is 0 Å². The monoisotopic (exact) mass is 265 g/mol. The summed E-state index contributed by atoms with van der Waals surface area (Å²) >= 11 is 0. The van der Waals surface area contributed by atoms with Crippen molar-refractivity contribution in [3.8, 4) is 0 Å². The Bertz CT molecular complexity index is 482. The molecule has 0 aromatic rings. The maximum atomic E-state index is 11.5. The zero-order valence-corrected chi connectivity index (χ0v) is 11.3. The van der Waals surface area contributed by atoms with Gasteiger partial charge in [-0.1, -0.05) is 6.08 Å². The van der Waals surface area contributed by atoms with Crippen molar-refractivity contribution in [3.63, 3.8) is 0 Å². The molecule has 1 amide bonds. The van der Waals surface area contributed by atoms with E-state index in [-0.39, 0.29) is 18.1 Å². The van der Waals surface area contributed by atoms with Gasteiger partial charge in [-0.2, -0.15) is 0 Å². The van der Waals surface area contributed by atoms with Gasteiger partial charge >= 0.3 is 6.09 Å². The number of nitrogens with one attached hydrogen (secondary N) is 2. The summed E-state index contributed by atoms with van der Waals surface area (Å²) in [6, 6.07) is 0. The topological polar surface area (TPSA) is 108 Å². The summed E-state index contributed by atoms with van der Waals surface area (Å²) in [5.41, 5.74) is 6.23. The van der Waals surface area contributed by atoms with Crippen LogP contribution in [0.25, 0.3) is 0 Å². The fourth-order valence-corrected chi connectivity index (χ4v) is 1.41. The Morgan fingerprint density at radius 2 is 2.11 bits per heavy atom. The predicted octanol–water partition coefficient (Wildman–Crippen LogP) is 1.19. The number of aliphatic hydroxyl groups excluding tert-OH is 1. The van der Waals surface area contributed by atoms with Crippen molar-refractivity contribution in [1.82, 2.24) is 5.32 Å². The summed E-state index contributed by atoms with van der Waals surface area (Å²) in [4.78, 5) is 11.5. The van der Waals surface area contributed by atoms with Gasteiger partial charge in [-0.05, 0) is 38.5 Å². The average Bonchev–Trinajstić information content (AvgIpc) is 2.25. The molecule has 0 saturated carbocycles. The minimum atomic E-state index is -0.671. The summed E-state index contributed by atoms with van der Waals surface area (Å²) < 4.78 is 5.06. The van der Waals surface area contributed by atoms with Gasteiger partial charge in [-0.25, -0.2) is 4.79 Å². The molecule has 0 heterocycles. The van der Waals surface area contributed by atoms with Crippen molar-refractivity contribution in [2.45, 2.75) is 26.4 Å². The molecule has 0 unspecified atom stereocenters. The summed E-state index contributed by atoms with van der Waals surface area (Å²) in [6.07, 6.45) is 4.02. The van der Waals surface area contributed by atoms with Gasteiger partial charge in [0.1, 0.15) is 11.4 Å². The van der Waals surface area contributed by atoms with Gasteiger partial charge in [0, 0.05) is 5.57 Å². The number of alkyl carbamates (subject to hydrolysis) is 1. The third-order valence-corrected chi connectivity index (χ3v) is 2.19. The Kier molecular flexibility index (Phi) is 4.50. The highest BCUT2D eigenvalue weighted by Gasteiger charge is 2.18. The Balaban J connectivity index is 2.78. The number of aliphatic hydroxyl groups is 1. The molecule has 1 aliphatic rings. The molecular weight excluding hydrogens is 246 g/mol. The van der Waals surface area contributed by atoms with Crippen molar-refractivity contribution in [1.29, 1.82) is 5.41 Å². The number of rotatable bonds is 2. The van der Waals surface area contributed by atoms with Crippen LogP contribution in [0, 0.1) is 5.41 Å². The third kappa shape index (κ3) is 4.59. The molecule has 0 aromatic heterocycles. The van der Waals surface area contributed by atoms with E-state index in [2.05, 4.69) is 5.32 Å². The largest absolute Gasteiger partial charge is 0.444 e. The van der Waals surface area contributed by atoms with E-state index < -0.39 is 11.7 Å². The SMILES string of the molecule is CC(C)(C)OC(=O)N/C(N)=C1\C=CC(CO)=CC1=N. The highest BCUT2D eigenvalue weighted by molar-refractivity contribution is 6.10. The number of carbonyl (C=O) groups excluding carboxylic acids is 1. The number of nitrogens with two attached hydrogens (primary N) is 1. The van der Waals surface area contributed by atoms with Crippen molar-refractivity contribution < 1.29 is 14.6 Å². The first-order chi connectivity index (χ1) is 8.73. The Hall–Kier alpha value is -2.08. The van der Waals surface area contributed by atoms with Crippen LogP contribution < -0.4 is 11.1 Å². The number of ether oxygens (including phenoxy) is 1. The molecule has 0 aliphatic heterocycles. The van der Waals surface area contributed by atoms with Crippen LogP contribution >= 0.6 is 0 Å². The van der Waals surface area contributed by atoms with Crippen molar-refractivity contribution >= 4 is 11.8 Å². The molecule has 6 heteroatoms. The van der Waals surface area contributed by atoms with Crippen LogP contribution in [0.2, 0.25) is 0 Å². The standard InChI is InChI=1S/C13H19N3O3/c1-13(2,3)19-12(18)16-11(15)9-5-4-8(7-17)6-10(9)14/h4-6,14,17H,7,15H2,1-3H3,(H,16,18)/b11-9+,14-10?. The molecule has 0 spiro atoms. The second-order valence-electron chi connectivity index (χ2n) is 5.08. The van der Waals surface area contributed by atoms with Gasteiger partial charge in [-0.15, -0.1) is 0 Å². The van der Waals surface area contributed by atoms with E-state index in [1.807, 2.05) is 0 Å². The van der Waals surface area contributed by atoms with Gasteiger partial charge < -0.3 is 21.0 Å². The summed E-state index contributed by atoms with van der Waals surface area (Å²) in [5.74, 6) is 0.0451. The maximum absolute atomic E-state index is 11.5. The quantitative estimate of drug-likeness (QED) is 0.601. The van der Waals surface area contributed by atoms with E-state index in [0.717, 1.165) is 0 Å². The highest BCUT2D eigenvalue weighted by Crippen LogP contribution is 2.14. The van der Waals surface area contributed by atoms with Crippen LogP contribution in [0.15, 0.2) is 35.2 Å². The van der Waals surface area contributed by atoms with E-state index in [9.17, 15) is 4.79 Å². The van der Waals surface area contributed by atoms with Crippen molar-refractivity contribution in [2.24, 2.45) is 5.73 Å². The molecule has 19 heavy (non-hydrogen) atoms. The molecule has 5 N–H and O–H groups in total. The van der Waals surface area contributed by atoms with Crippen LogP contribution in [-0.4, -0.2) is 29.1 Å². The van der Waals surface area contributed by atoms with Gasteiger partial charge in [0.2, 0.25) is 0 Å². The molecule has 0 atom stereocenters. The molecule has 1 rings (SSSR count). The smallest absolute Gasteiger partial charge is 0.413 e. The zero-order chi connectivity index (χ0) is 14.6. The van der Waals surface area contributed by atoms with Gasteiger partial charge in [-0.3, -0.25) is 5.32 Å². The molecular formula is C13H19N3O3. The average molecular weight is 265 g/mol. The molecule has 6 nitrogen and oxygen atoms in total. The van der Waals surface area contributed by atoms with Crippen LogP contribution in [0.5, 0.6) is 0 Å². The maximum Gasteiger partial charge on any atom is 0.413 e. The van der Waals surface area contributed by atoms with E-state index >= 15 is 0 Å². The normalized spacial score (nSPS) is 17.9. The Labute approximate surface area is 112 Å². The summed E-state index contributed by atoms with van der Waals surface area (Å²) in [6.45, 7) is 5.09. The zero-order valence-electron chi connectivity index (χ0n) is 11.3. The van der Waals surface area contributed by atoms with Crippen molar-refractivity contribution in [3.05, 3.63) is 35.2 Å². The van der Waals surface area contributed by atoms with Gasteiger partial charge in [0.05, 0.1) is 12.3 Å². The summed E-state index contributed by atoms with van der Waals surface area (Å²) in [5, 5.41) is 19.1. The van der Waals surface area contributed by atoms with Crippen LogP contribution in [-0.2, 0) is 4.74 Å². The van der Waals surface area contributed by atoms with Crippen LogP contribution in [0.4, 0.5) is 4.79 Å². The second-order valence-corrected chi connectivity index (χ2v) is 5.08. The van der Waals surface area contributed by atoms with Crippen LogP contribution in [0.1, 0.15) is 20.8 Å². The van der Waals surface area contributed by atoms with E-state index in [1.165, 1.54) is 6.08 Å². The molecule has 104 valence electrons. The second kappa shape index (κ2) is 5.71. The lowest BCUT2D eigenvalue weighted by atomic mass is 10.0. The molecule has 0 aromatic carbocycles. The Morgan fingerprint density at radius 1 is 1.47 bits per heavy atom. The summed E-state index contributed by atoms with van der Waals surface area (Å²) in [7, 11) is 0. The number of carbonyl (C=O) groups is 1. The number of amides is 1. The lowest BCUT2D eigenvalue weighted by Crippen LogP contribution is -2.35. The molecule has 0 radical (unpaired) electrons. The van der Waals surface area contributed by atoms with E-state index in [1.54, 1.807) is 32.9 Å². The Morgan fingerprint density at radius 3 is 2.58 bits per heavy atom. The molecule has 0 bridgehead atoms. The molecule has 1 aliphatic carbocycles.